The molecule has 1 saturated heterocycles. The summed E-state index contributed by atoms with van der Waals surface area (Å²) in [5.74, 6) is 0.608. The Morgan fingerprint density at radius 1 is 1.44 bits per heavy atom. The van der Waals surface area contributed by atoms with Gasteiger partial charge < -0.3 is 4.74 Å². The molecular weight excluding hydrogens is 226 g/mol. The van der Waals surface area contributed by atoms with Crippen LogP contribution in [0.25, 0.3) is 0 Å². The molecule has 0 N–H and O–H groups in total. The highest BCUT2D eigenvalue weighted by atomic mass is 16.5. The third-order valence-electron chi connectivity index (χ3n) is 4.28. The first-order valence-electron chi connectivity index (χ1n) is 6.70. The smallest absolute Gasteiger partial charge is 0.181 e. The molecule has 0 aromatic heterocycles. The predicted molar refractivity (Wildman–Crippen MR) is 68.7 cm³/mol. The number of nitrogens with zero attached hydrogens (tertiary/aromatic N) is 1. The van der Waals surface area contributed by atoms with Crippen LogP contribution in [0.3, 0.4) is 0 Å². The van der Waals surface area contributed by atoms with Crippen molar-refractivity contribution in [2.24, 2.45) is 17.3 Å². The molecule has 18 heavy (non-hydrogen) atoms. The number of carbonyl (C=O) groups excluding carboxylic acids is 1. The maximum Gasteiger partial charge on any atom is 0.181 e. The molecule has 3 unspecified atom stereocenters. The van der Waals surface area contributed by atoms with Crippen LogP contribution in [0.15, 0.2) is 11.6 Å². The van der Waals surface area contributed by atoms with Crippen molar-refractivity contribution in [3.05, 3.63) is 11.6 Å². The Labute approximate surface area is 109 Å². The van der Waals surface area contributed by atoms with Gasteiger partial charge >= 0.3 is 0 Å². The van der Waals surface area contributed by atoms with Gasteiger partial charge in [0.2, 0.25) is 0 Å². The standard InChI is InChI=1S/C15H21NO2/c1-9(2)12-6-5-10-7-11(8-16)13(17)15(3,4)14(10)18-12/h7,9-10,12,14H,5-6H2,1-4H3. The zero-order valence-corrected chi connectivity index (χ0v) is 11.6. The van der Waals surface area contributed by atoms with Crippen LogP contribution in [0.2, 0.25) is 0 Å². The molecule has 0 aromatic rings. The summed E-state index contributed by atoms with van der Waals surface area (Å²) < 4.78 is 6.16. The minimum Gasteiger partial charge on any atom is -0.373 e. The highest BCUT2D eigenvalue weighted by Gasteiger charge is 2.49. The first-order valence-corrected chi connectivity index (χ1v) is 6.70. The Hall–Kier alpha value is -1.14. The second-order valence-electron chi connectivity index (χ2n) is 6.32. The van der Waals surface area contributed by atoms with Crippen LogP contribution in [0.5, 0.6) is 0 Å². The van der Waals surface area contributed by atoms with E-state index >= 15 is 0 Å². The Bertz CT molecular complexity index is 428. The van der Waals surface area contributed by atoms with Crippen LogP contribution in [0.4, 0.5) is 0 Å². The molecule has 0 radical (unpaired) electrons. The van der Waals surface area contributed by atoms with Gasteiger partial charge in [-0.3, -0.25) is 4.79 Å². The molecule has 1 aliphatic heterocycles. The summed E-state index contributed by atoms with van der Waals surface area (Å²) in [5.41, 5.74) is -0.272. The molecule has 0 spiro atoms. The monoisotopic (exact) mass is 247 g/mol. The Kier molecular flexibility index (Phi) is 3.33. The highest BCUT2D eigenvalue weighted by Crippen LogP contribution is 2.44. The SMILES string of the molecule is CC(C)C1CCC2C=C(C#N)C(=O)C(C)(C)C2O1. The van der Waals surface area contributed by atoms with Gasteiger partial charge in [-0.1, -0.05) is 19.9 Å². The van der Waals surface area contributed by atoms with Crippen LogP contribution in [0, 0.1) is 28.6 Å². The number of ketones is 1. The number of carbonyl (C=O) groups is 1. The number of rotatable bonds is 1. The van der Waals surface area contributed by atoms with Crippen LogP contribution in [0.1, 0.15) is 40.5 Å². The first-order chi connectivity index (χ1) is 8.37. The zero-order valence-electron chi connectivity index (χ0n) is 11.6. The van der Waals surface area contributed by atoms with Gasteiger partial charge in [-0.05, 0) is 32.6 Å². The maximum atomic E-state index is 12.2. The van der Waals surface area contributed by atoms with E-state index < -0.39 is 5.41 Å². The Balaban J connectivity index is 2.32. The summed E-state index contributed by atoms with van der Waals surface area (Å²) in [6.45, 7) is 8.11. The fourth-order valence-corrected chi connectivity index (χ4v) is 3.09. The molecule has 0 amide bonds. The van der Waals surface area contributed by atoms with E-state index in [1.807, 2.05) is 26.0 Å². The molecule has 3 nitrogen and oxygen atoms in total. The molecule has 98 valence electrons. The van der Waals surface area contributed by atoms with E-state index in [2.05, 4.69) is 13.8 Å². The predicted octanol–water partition coefficient (Wildman–Crippen LogP) is 2.87. The summed E-state index contributed by atoms with van der Waals surface area (Å²) in [6, 6.07) is 2.03. The second kappa shape index (κ2) is 4.51. The van der Waals surface area contributed by atoms with E-state index in [9.17, 15) is 4.79 Å². The largest absolute Gasteiger partial charge is 0.373 e. The summed E-state index contributed by atoms with van der Waals surface area (Å²) in [5, 5.41) is 9.04. The zero-order chi connectivity index (χ0) is 13.5. The number of hydrogen-bond donors (Lipinski definition) is 0. The molecule has 1 heterocycles. The number of ether oxygens (including phenoxy) is 1. The molecule has 0 aromatic carbocycles. The Morgan fingerprint density at radius 2 is 2.11 bits per heavy atom. The highest BCUT2D eigenvalue weighted by molar-refractivity contribution is 6.04. The molecule has 3 heteroatoms. The van der Waals surface area contributed by atoms with Crippen LogP contribution in [-0.2, 0) is 9.53 Å². The topological polar surface area (TPSA) is 50.1 Å². The summed E-state index contributed by atoms with van der Waals surface area (Å²) in [7, 11) is 0. The quantitative estimate of drug-likeness (QED) is 0.716. The number of Topliss-reactive ketones (excluding diaryl/α,β-unsaturated/α-hetero) is 1. The van der Waals surface area contributed by atoms with Crippen molar-refractivity contribution in [2.45, 2.75) is 52.7 Å². The van der Waals surface area contributed by atoms with Crippen molar-refractivity contribution in [3.63, 3.8) is 0 Å². The average molecular weight is 247 g/mol. The number of allylic oxidation sites excluding steroid dienone is 1. The minimum atomic E-state index is -0.585. The second-order valence-corrected chi connectivity index (χ2v) is 6.32. The van der Waals surface area contributed by atoms with E-state index in [0.717, 1.165) is 12.8 Å². The van der Waals surface area contributed by atoms with Crippen molar-refractivity contribution in [2.75, 3.05) is 0 Å². The van der Waals surface area contributed by atoms with E-state index in [1.54, 1.807) is 0 Å². The van der Waals surface area contributed by atoms with Gasteiger partial charge in [0.05, 0.1) is 23.2 Å². The third kappa shape index (κ3) is 1.99. The van der Waals surface area contributed by atoms with Crippen LogP contribution < -0.4 is 0 Å². The van der Waals surface area contributed by atoms with E-state index in [-0.39, 0.29) is 23.9 Å². The average Bonchev–Trinajstić information content (AvgIpc) is 2.33. The van der Waals surface area contributed by atoms with Crippen LogP contribution in [-0.4, -0.2) is 18.0 Å². The van der Waals surface area contributed by atoms with Crippen molar-refractivity contribution in [1.82, 2.24) is 0 Å². The molecule has 3 atom stereocenters. The van der Waals surface area contributed by atoms with Gasteiger partial charge in [-0.25, -0.2) is 0 Å². The van der Waals surface area contributed by atoms with Gasteiger partial charge in [0.25, 0.3) is 0 Å². The number of hydrogen-bond acceptors (Lipinski definition) is 3. The fraction of sp³-hybridized carbons (Fsp3) is 0.733. The van der Waals surface area contributed by atoms with Crippen molar-refractivity contribution in [1.29, 1.82) is 5.26 Å². The van der Waals surface area contributed by atoms with Gasteiger partial charge in [0.1, 0.15) is 6.07 Å². The molecule has 0 saturated carbocycles. The summed E-state index contributed by atoms with van der Waals surface area (Å²) >= 11 is 0. The first kappa shape index (κ1) is 13.3. The van der Waals surface area contributed by atoms with Gasteiger partial charge in [-0.15, -0.1) is 0 Å². The van der Waals surface area contributed by atoms with E-state index in [0.29, 0.717) is 11.5 Å². The molecule has 0 bridgehead atoms. The minimum absolute atomic E-state index is 0.0735. The molecule has 1 aliphatic carbocycles. The molecule has 2 rings (SSSR count). The lowest BCUT2D eigenvalue weighted by Crippen LogP contribution is -2.51. The van der Waals surface area contributed by atoms with E-state index in [4.69, 9.17) is 10.00 Å². The van der Waals surface area contributed by atoms with Gasteiger partial charge in [0, 0.05) is 5.92 Å². The maximum absolute atomic E-state index is 12.2. The molecule has 2 aliphatic rings. The third-order valence-corrected chi connectivity index (χ3v) is 4.28. The van der Waals surface area contributed by atoms with Gasteiger partial charge in [-0.2, -0.15) is 5.26 Å². The lowest BCUT2D eigenvalue weighted by Gasteiger charge is -2.46. The summed E-state index contributed by atoms with van der Waals surface area (Å²) in [4.78, 5) is 12.2. The lowest BCUT2D eigenvalue weighted by molar-refractivity contribution is -0.159. The lowest BCUT2D eigenvalue weighted by atomic mass is 9.67. The van der Waals surface area contributed by atoms with Crippen molar-refractivity contribution in [3.8, 4) is 6.07 Å². The molecule has 1 fully saturated rings. The molecular formula is C15H21NO2. The van der Waals surface area contributed by atoms with Gasteiger partial charge in [0.15, 0.2) is 5.78 Å². The van der Waals surface area contributed by atoms with Crippen molar-refractivity contribution >= 4 is 5.78 Å². The fourth-order valence-electron chi connectivity index (χ4n) is 3.09. The number of nitriles is 1. The Morgan fingerprint density at radius 3 is 2.67 bits per heavy atom. The van der Waals surface area contributed by atoms with Crippen molar-refractivity contribution < 1.29 is 9.53 Å². The normalized spacial score (nSPS) is 34.8. The van der Waals surface area contributed by atoms with E-state index in [1.165, 1.54) is 0 Å². The summed E-state index contributed by atoms with van der Waals surface area (Å²) in [6.07, 6.45) is 4.00. The number of fused-ring (bicyclic) bond motifs is 1. The van der Waals surface area contributed by atoms with Crippen LogP contribution >= 0.6 is 0 Å².